The number of imidazole rings is 1. The molecule has 1 aromatic heterocycles. The minimum atomic E-state index is -3.00. The van der Waals surface area contributed by atoms with Gasteiger partial charge in [-0.2, -0.15) is 0 Å². The molecular formula is C10H16N2O4S. The highest BCUT2D eigenvalue weighted by atomic mass is 32.2. The Morgan fingerprint density at radius 1 is 1.53 bits per heavy atom. The molecule has 0 aliphatic rings. The lowest BCUT2D eigenvalue weighted by Gasteiger charge is -2.07. The molecule has 96 valence electrons. The maximum atomic E-state index is 11.3. The third kappa shape index (κ3) is 3.55. The Morgan fingerprint density at radius 2 is 2.18 bits per heavy atom. The third-order valence-electron chi connectivity index (χ3n) is 2.55. The van der Waals surface area contributed by atoms with Crippen LogP contribution >= 0.6 is 0 Å². The van der Waals surface area contributed by atoms with Gasteiger partial charge in [0.05, 0.1) is 11.9 Å². The lowest BCUT2D eigenvalue weighted by molar-refractivity contribution is 0.0684. The van der Waals surface area contributed by atoms with Crippen molar-refractivity contribution in [2.75, 3.05) is 11.5 Å². The van der Waals surface area contributed by atoms with E-state index in [1.807, 2.05) is 0 Å². The molecule has 0 saturated carbocycles. The Morgan fingerprint density at radius 3 is 2.71 bits per heavy atom. The summed E-state index contributed by atoms with van der Waals surface area (Å²) in [6.07, 6.45) is 1.68. The average Bonchev–Trinajstić information content (AvgIpc) is 2.60. The smallest absolute Gasteiger partial charge is 0.354 e. The zero-order chi connectivity index (χ0) is 13.1. The molecule has 0 amide bonds. The number of aromatic nitrogens is 2. The molecule has 0 radical (unpaired) electrons. The molecule has 0 aliphatic heterocycles. The second-order valence-corrected chi connectivity index (χ2v) is 6.21. The first-order valence-corrected chi connectivity index (χ1v) is 7.15. The first-order valence-electron chi connectivity index (χ1n) is 5.33. The van der Waals surface area contributed by atoms with Crippen molar-refractivity contribution >= 4 is 15.8 Å². The molecule has 0 bridgehead atoms. The lowest BCUT2D eigenvalue weighted by atomic mass is 10.4. The summed E-state index contributed by atoms with van der Waals surface area (Å²) in [5, 5.41) is 8.91. The number of carbonyl (C=O) groups is 1. The van der Waals surface area contributed by atoms with Crippen molar-refractivity contribution in [1.29, 1.82) is 0 Å². The molecule has 1 heterocycles. The SMILES string of the molecule is CCS(=O)(=O)CCCn1c(C(=O)O)cnc1C. The highest BCUT2D eigenvalue weighted by Gasteiger charge is 2.14. The Kier molecular flexibility index (Phi) is 4.28. The monoisotopic (exact) mass is 260 g/mol. The van der Waals surface area contributed by atoms with Gasteiger partial charge in [0, 0.05) is 12.3 Å². The minimum absolute atomic E-state index is 0.0696. The zero-order valence-corrected chi connectivity index (χ0v) is 10.7. The van der Waals surface area contributed by atoms with Crippen molar-refractivity contribution in [2.45, 2.75) is 26.8 Å². The number of hydrogen-bond donors (Lipinski definition) is 1. The molecule has 17 heavy (non-hydrogen) atoms. The number of carboxylic acids is 1. The molecular weight excluding hydrogens is 244 g/mol. The summed E-state index contributed by atoms with van der Waals surface area (Å²) in [4.78, 5) is 14.8. The van der Waals surface area contributed by atoms with E-state index in [-0.39, 0.29) is 17.2 Å². The average molecular weight is 260 g/mol. The molecule has 0 saturated heterocycles. The second-order valence-electron chi connectivity index (χ2n) is 3.74. The van der Waals surface area contributed by atoms with Gasteiger partial charge < -0.3 is 9.67 Å². The predicted molar refractivity (Wildman–Crippen MR) is 62.9 cm³/mol. The molecule has 0 atom stereocenters. The number of carboxylic acid groups (broad SMARTS) is 1. The molecule has 1 rings (SSSR count). The molecule has 0 aliphatic carbocycles. The van der Waals surface area contributed by atoms with Gasteiger partial charge in [-0.15, -0.1) is 0 Å². The van der Waals surface area contributed by atoms with Gasteiger partial charge in [0.1, 0.15) is 21.4 Å². The fraction of sp³-hybridized carbons (Fsp3) is 0.600. The largest absolute Gasteiger partial charge is 0.477 e. The van der Waals surface area contributed by atoms with Crippen molar-refractivity contribution in [1.82, 2.24) is 9.55 Å². The van der Waals surface area contributed by atoms with Crippen LogP contribution in [0.1, 0.15) is 29.7 Å². The van der Waals surface area contributed by atoms with E-state index >= 15 is 0 Å². The Balaban J connectivity index is 2.70. The van der Waals surface area contributed by atoms with E-state index in [0.717, 1.165) is 0 Å². The van der Waals surface area contributed by atoms with Crippen LogP contribution in [0.25, 0.3) is 0 Å². The third-order valence-corrected chi connectivity index (χ3v) is 4.34. The van der Waals surface area contributed by atoms with Crippen molar-refractivity contribution in [2.24, 2.45) is 0 Å². The lowest BCUT2D eigenvalue weighted by Crippen LogP contribution is -2.14. The van der Waals surface area contributed by atoms with Crippen molar-refractivity contribution in [3.8, 4) is 0 Å². The van der Waals surface area contributed by atoms with E-state index in [9.17, 15) is 13.2 Å². The van der Waals surface area contributed by atoms with Crippen LogP contribution < -0.4 is 0 Å². The van der Waals surface area contributed by atoms with E-state index in [1.54, 1.807) is 13.8 Å². The van der Waals surface area contributed by atoms with E-state index in [1.165, 1.54) is 10.8 Å². The summed E-state index contributed by atoms with van der Waals surface area (Å²) < 4.78 is 24.1. The second kappa shape index (κ2) is 5.31. The van der Waals surface area contributed by atoms with E-state index in [4.69, 9.17) is 5.11 Å². The fourth-order valence-electron chi connectivity index (χ4n) is 1.51. The summed E-state index contributed by atoms with van der Waals surface area (Å²) in [6.45, 7) is 3.65. The maximum Gasteiger partial charge on any atom is 0.354 e. The Labute approximate surface area is 100 Å². The van der Waals surface area contributed by atoms with Gasteiger partial charge in [-0.25, -0.2) is 18.2 Å². The van der Waals surface area contributed by atoms with Gasteiger partial charge in [-0.3, -0.25) is 0 Å². The molecule has 0 aromatic carbocycles. The van der Waals surface area contributed by atoms with Gasteiger partial charge in [-0.1, -0.05) is 6.92 Å². The number of hydrogen-bond acceptors (Lipinski definition) is 4. The van der Waals surface area contributed by atoms with Crippen LogP contribution in [-0.2, 0) is 16.4 Å². The van der Waals surface area contributed by atoms with Gasteiger partial charge in [0.25, 0.3) is 0 Å². The Bertz CT molecular complexity index is 504. The summed E-state index contributed by atoms with van der Waals surface area (Å²) in [5.74, 6) is -0.290. The zero-order valence-electron chi connectivity index (χ0n) is 9.88. The van der Waals surface area contributed by atoms with Crippen LogP contribution in [-0.4, -0.2) is 40.6 Å². The molecule has 0 spiro atoms. The van der Waals surface area contributed by atoms with Gasteiger partial charge in [0.15, 0.2) is 0 Å². The minimum Gasteiger partial charge on any atom is -0.477 e. The number of aryl methyl sites for hydroxylation is 1. The summed E-state index contributed by atoms with van der Waals surface area (Å²) >= 11 is 0. The Hall–Kier alpha value is -1.37. The van der Waals surface area contributed by atoms with E-state index < -0.39 is 15.8 Å². The number of rotatable bonds is 6. The number of sulfone groups is 1. The quantitative estimate of drug-likeness (QED) is 0.813. The number of nitrogens with zero attached hydrogens (tertiary/aromatic N) is 2. The van der Waals surface area contributed by atoms with Gasteiger partial charge in [0.2, 0.25) is 0 Å². The molecule has 7 heteroatoms. The topological polar surface area (TPSA) is 89.3 Å². The summed E-state index contributed by atoms with van der Waals surface area (Å²) in [7, 11) is -3.00. The van der Waals surface area contributed by atoms with Gasteiger partial charge in [-0.05, 0) is 13.3 Å². The van der Waals surface area contributed by atoms with E-state index in [0.29, 0.717) is 18.8 Å². The van der Waals surface area contributed by atoms with Crippen molar-refractivity contribution < 1.29 is 18.3 Å². The van der Waals surface area contributed by atoms with Gasteiger partial charge >= 0.3 is 5.97 Å². The van der Waals surface area contributed by atoms with Crippen LogP contribution in [0, 0.1) is 6.92 Å². The standard InChI is InChI=1S/C10H16N2O4S/c1-3-17(15,16)6-4-5-12-8(2)11-7-9(12)10(13)14/h7H,3-6H2,1-2H3,(H,13,14). The van der Waals surface area contributed by atoms with E-state index in [2.05, 4.69) is 4.98 Å². The normalized spacial score (nSPS) is 11.6. The first-order chi connectivity index (χ1) is 7.87. The van der Waals surface area contributed by atoms with Crippen molar-refractivity contribution in [3.05, 3.63) is 17.7 Å². The fourth-order valence-corrected chi connectivity index (χ4v) is 2.37. The highest BCUT2D eigenvalue weighted by molar-refractivity contribution is 7.91. The van der Waals surface area contributed by atoms with Crippen LogP contribution in [0.3, 0.4) is 0 Å². The molecule has 0 fully saturated rings. The first kappa shape index (κ1) is 13.7. The van der Waals surface area contributed by atoms with Crippen LogP contribution in [0.4, 0.5) is 0 Å². The molecule has 1 N–H and O–H groups in total. The summed E-state index contributed by atoms with van der Waals surface area (Å²) in [5.41, 5.74) is 0.0939. The highest BCUT2D eigenvalue weighted by Crippen LogP contribution is 2.07. The van der Waals surface area contributed by atoms with Crippen molar-refractivity contribution in [3.63, 3.8) is 0 Å². The number of aromatic carboxylic acids is 1. The maximum absolute atomic E-state index is 11.3. The summed E-state index contributed by atoms with van der Waals surface area (Å²) in [6, 6.07) is 0. The molecule has 6 nitrogen and oxygen atoms in total. The predicted octanol–water partition coefficient (Wildman–Crippen LogP) is 0.715. The van der Waals surface area contributed by atoms with Crippen LogP contribution in [0.15, 0.2) is 6.20 Å². The molecule has 1 aromatic rings. The van der Waals surface area contributed by atoms with Crippen LogP contribution in [0.5, 0.6) is 0 Å². The van der Waals surface area contributed by atoms with Crippen LogP contribution in [0.2, 0.25) is 0 Å². The molecule has 0 unspecified atom stereocenters.